The first-order chi connectivity index (χ1) is 8.03. The van der Waals surface area contributed by atoms with Gasteiger partial charge in [-0.1, -0.05) is 40.0 Å². The summed E-state index contributed by atoms with van der Waals surface area (Å²) in [4.78, 5) is 0. The smallest absolute Gasteiger partial charge is 0.148 e. The summed E-state index contributed by atoms with van der Waals surface area (Å²) in [5, 5.41) is 7.46. The summed E-state index contributed by atoms with van der Waals surface area (Å²) in [5.74, 6) is 1.33. The predicted molar refractivity (Wildman–Crippen MR) is 72.0 cm³/mol. The van der Waals surface area contributed by atoms with Crippen LogP contribution in [-0.4, -0.2) is 10.2 Å². The number of H-pyrrole nitrogens is 1. The number of hydrogen-bond donors (Lipinski definition) is 2. The van der Waals surface area contributed by atoms with Gasteiger partial charge >= 0.3 is 0 Å². The van der Waals surface area contributed by atoms with Gasteiger partial charge in [-0.15, -0.1) is 0 Å². The van der Waals surface area contributed by atoms with Crippen LogP contribution in [0.3, 0.4) is 0 Å². The molecule has 1 fully saturated rings. The van der Waals surface area contributed by atoms with E-state index in [-0.39, 0.29) is 5.41 Å². The summed E-state index contributed by atoms with van der Waals surface area (Å²) >= 11 is 0. The van der Waals surface area contributed by atoms with E-state index in [4.69, 9.17) is 5.73 Å². The molecule has 2 rings (SSSR count). The van der Waals surface area contributed by atoms with Crippen LogP contribution in [0.25, 0.3) is 0 Å². The second kappa shape index (κ2) is 4.71. The van der Waals surface area contributed by atoms with Crippen molar-refractivity contribution in [3.05, 3.63) is 11.3 Å². The number of anilines is 1. The molecule has 0 atom stereocenters. The summed E-state index contributed by atoms with van der Waals surface area (Å²) in [5.41, 5.74) is 8.86. The summed E-state index contributed by atoms with van der Waals surface area (Å²) in [6.07, 6.45) is 7.60. The van der Waals surface area contributed by atoms with Crippen molar-refractivity contribution in [3.63, 3.8) is 0 Å². The Bertz CT molecular complexity index is 373. The maximum absolute atomic E-state index is 6.01. The standard InChI is InChI=1S/C14H25N3/c1-10(2)9-11-12(16-17-13(11)15)14(3)7-5-4-6-8-14/h10H,4-9H2,1-3H3,(H3,15,16,17). The fraction of sp³-hybridized carbons (Fsp3) is 0.786. The third kappa shape index (κ3) is 2.48. The third-order valence-electron chi connectivity index (χ3n) is 4.07. The second-order valence-electron chi connectivity index (χ2n) is 6.18. The Morgan fingerprint density at radius 2 is 1.94 bits per heavy atom. The van der Waals surface area contributed by atoms with Gasteiger partial charge < -0.3 is 5.73 Å². The molecule has 1 saturated carbocycles. The fourth-order valence-electron chi connectivity index (χ4n) is 3.08. The number of nitrogens with one attached hydrogen (secondary N) is 1. The first-order valence-electron chi connectivity index (χ1n) is 6.86. The minimum atomic E-state index is 0.271. The molecule has 0 bridgehead atoms. The molecule has 0 spiro atoms. The first kappa shape index (κ1) is 12.5. The van der Waals surface area contributed by atoms with Crippen LogP contribution in [0.4, 0.5) is 5.82 Å². The molecule has 0 aromatic carbocycles. The van der Waals surface area contributed by atoms with Gasteiger partial charge in [-0.3, -0.25) is 5.10 Å². The average molecular weight is 235 g/mol. The lowest BCUT2D eigenvalue weighted by atomic mass is 9.72. The lowest BCUT2D eigenvalue weighted by Crippen LogP contribution is -2.27. The van der Waals surface area contributed by atoms with Gasteiger partial charge in [0, 0.05) is 16.7 Å². The monoisotopic (exact) mass is 235 g/mol. The molecular formula is C14H25N3. The summed E-state index contributed by atoms with van der Waals surface area (Å²) < 4.78 is 0. The fourth-order valence-corrected chi connectivity index (χ4v) is 3.08. The van der Waals surface area contributed by atoms with Crippen molar-refractivity contribution in [1.29, 1.82) is 0 Å². The zero-order valence-electron chi connectivity index (χ0n) is 11.3. The Morgan fingerprint density at radius 1 is 1.29 bits per heavy atom. The number of hydrogen-bond acceptors (Lipinski definition) is 2. The predicted octanol–water partition coefficient (Wildman–Crippen LogP) is 3.41. The zero-order chi connectivity index (χ0) is 12.5. The molecule has 1 aromatic rings. The molecule has 0 radical (unpaired) electrons. The van der Waals surface area contributed by atoms with E-state index in [1.165, 1.54) is 43.4 Å². The number of nitrogen functional groups attached to an aromatic ring is 1. The molecule has 3 N–H and O–H groups in total. The molecule has 0 unspecified atom stereocenters. The van der Waals surface area contributed by atoms with Crippen molar-refractivity contribution in [1.82, 2.24) is 10.2 Å². The van der Waals surface area contributed by atoms with E-state index in [1.54, 1.807) is 0 Å². The summed E-state index contributed by atoms with van der Waals surface area (Å²) in [6.45, 7) is 6.84. The van der Waals surface area contributed by atoms with Crippen LogP contribution < -0.4 is 5.73 Å². The number of nitrogens with zero attached hydrogens (tertiary/aromatic N) is 1. The maximum Gasteiger partial charge on any atom is 0.148 e. The van der Waals surface area contributed by atoms with Crippen LogP contribution in [0.2, 0.25) is 0 Å². The molecule has 0 saturated heterocycles. The summed E-state index contributed by atoms with van der Waals surface area (Å²) in [6, 6.07) is 0. The van der Waals surface area contributed by atoms with Gasteiger partial charge in [0.25, 0.3) is 0 Å². The Balaban J connectivity index is 2.30. The largest absolute Gasteiger partial charge is 0.382 e. The summed E-state index contributed by atoms with van der Waals surface area (Å²) in [7, 11) is 0. The van der Waals surface area contributed by atoms with E-state index < -0.39 is 0 Å². The van der Waals surface area contributed by atoms with Gasteiger partial charge in [-0.05, 0) is 25.2 Å². The van der Waals surface area contributed by atoms with Crippen LogP contribution in [-0.2, 0) is 11.8 Å². The molecule has 1 aromatic heterocycles. The lowest BCUT2D eigenvalue weighted by molar-refractivity contribution is 0.309. The van der Waals surface area contributed by atoms with Gasteiger partial charge in [0.05, 0.1) is 0 Å². The molecule has 17 heavy (non-hydrogen) atoms. The van der Waals surface area contributed by atoms with Gasteiger partial charge in [-0.2, -0.15) is 5.10 Å². The highest BCUT2D eigenvalue weighted by Gasteiger charge is 2.33. The molecule has 0 aliphatic heterocycles. The van der Waals surface area contributed by atoms with Crippen LogP contribution in [0, 0.1) is 5.92 Å². The number of aromatic nitrogens is 2. The lowest BCUT2D eigenvalue weighted by Gasteiger charge is -2.33. The van der Waals surface area contributed by atoms with Crippen molar-refractivity contribution in [3.8, 4) is 0 Å². The van der Waals surface area contributed by atoms with Gasteiger partial charge in [0.2, 0.25) is 0 Å². The van der Waals surface area contributed by atoms with E-state index in [1.807, 2.05) is 0 Å². The van der Waals surface area contributed by atoms with E-state index in [0.29, 0.717) is 11.7 Å². The van der Waals surface area contributed by atoms with Crippen LogP contribution >= 0.6 is 0 Å². The highest BCUT2D eigenvalue weighted by molar-refractivity contribution is 5.45. The molecule has 96 valence electrons. The Kier molecular flexibility index (Phi) is 3.45. The second-order valence-corrected chi connectivity index (χ2v) is 6.18. The Labute approximate surface area is 104 Å². The Morgan fingerprint density at radius 3 is 2.53 bits per heavy atom. The molecule has 1 heterocycles. The van der Waals surface area contributed by atoms with Gasteiger partial charge in [0.1, 0.15) is 5.82 Å². The molecular weight excluding hydrogens is 210 g/mol. The molecule has 3 heteroatoms. The topological polar surface area (TPSA) is 54.7 Å². The van der Waals surface area contributed by atoms with Crippen molar-refractivity contribution in [2.45, 2.75) is 64.7 Å². The minimum absolute atomic E-state index is 0.271. The van der Waals surface area contributed by atoms with Crippen molar-refractivity contribution in [2.24, 2.45) is 5.92 Å². The SMILES string of the molecule is CC(C)Cc1c(N)n[nH]c1C1(C)CCCCC1. The molecule has 3 nitrogen and oxygen atoms in total. The normalized spacial score (nSPS) is 19.8. The zero-order valence-corrected chi connectivity index (χ0v) is 11.3. The number of rotatable bonds is 3. The van der Waals surface area contributed by atoms with Gasteiger partial charge in [0.15, 0.2) is 0 Å². The quantitative estimate of drug-likeness (QED) is 0.843. The van der Waals surface area contributed by atoms with Crippen LogP contribution in [0.5, 0.6) is 0 Å². The molecule has 0 amide bonds. The molecule has 1 aliphatic rings. The highest BCUT2D eigenvalue weighted by Crippen LogP contribution is 2.40. The average Bonchev–Trinajstić information content (AvgIpc) is 2.61. The third-order valence-corrected chi connectivity index (χ3v) is 4.07. The minimum Gasteiger partial charge on any atom is -0.382 e. The highest BCUT2D eigenvalue weighted by atomic mass is 15.2. The Hall–Kier alpha value is -0.990. The van der Waals surface area contributed by atoms with Crippen molar-refractivity contribution >= 4 is 5.82 Å². The molecule has 1 aliphatic carbocycles. The van der Waals surface area contributed by atoms with Crippen molar-refractivity contribution in [2.75, 3.05) is 5.73 Å². The first-order valence-corrected chi connectivity index (χ1v) is 6.86. The van der Waals surface area contributed by atoms with E-state index in [9.17, 15) is 0 Å². The van der Waals surface area contributed by atoms with Crippen LogP contribution in [0.15, 0.2) is 0 Å². The van der Waals surface area contributed by atoms with Crippen molar-refractivity contribution < 1.29 is 0 Å². The maximum atomic E-state index is 6.01. The van der Waals surface area contributed by atoms with E-state index >= 15 is 0 Å². The van der Waals surface area contributed by atoms with Gasteiger partial charge in [-0.25, -0.2) is 0 Å². The number of aromatic amines is 1. The number of nitrogens with two attached hydrogens (primary N) is 1. The van der Waals surface area contributed by atoms with E-state index in [2.05, 4.69) is 31.0 Å². The van der Waals surface area contributed by atoms with Crippen LogP contribution in [0.1, 0.15) is 64.1 Å². The van der Waals surface area contributed by atoms with E-state index in [0.717, 1.165) is 6.42 Å².